The standard InChI is InChI=1S/C25H47F2N5O11/c1-7-15(34)17(36)12(5-28)39-23(7)42-20-13(6-33)40-25(18(20)37)43-21-16(35)9(30)4-10(31)19(21)41-24-8(29)2-3-11(38-24)14(32)22(26)27/h7-25,33-37H,2-6,28-32H2,1H3. The minimum absolute atomic E-state index is 0.0973. The summed E-state index contributed by atoms with van der Waals surface area (Å²) >= 11 is 0. The van der Waals surface area contributed by atoms with Gasteiger partial charge in [0.25, 0.3) is 6.43 Å². The fourth-order valence-electron chi connectivity index (χ4n) is 6.04. The first-order chi connectivity index (χ1) is 20.3. The molecule has 15 N–H and O–H groups in total. The molecule has 0 bridgehead atoms. The monoisotopic (exact) mass is 631 g/mol. The Morgan fingerprint density at radius 2 is 1.37 bits per heavy atom. The first-order valence-electron chi connectivity index (χ1n) is 14.5. The van der Waals surface area contributed by atoms with Crippen molar-refractivity contribution in [1.82, 2.24) is 0 Å². The van der Waals surface area contributed by atoms with E-state index in [9.17, 15) is 34.3 Å². The third-order valence-corrected chi connectivity index (χ3v) is 8.81. The zero-order valence-electron chi connectivity index (χ0n) is 23.8. The van der Waals surface area contributed by atoms with E-state index in [2.05, 4.69) is 0 Å². The Morgan fingerprint density at radius 3 is 2.00 bits per heavy atom. The van der Waals surface area contributed by atoms with Gasteiger partial charge >= 0.3 is 0 Å². The third-order valence-electron chi connectivity index (χ3n) is 8.81. The molecule has 4 aliphatic rings. The predicted molar refractivity (Wildman–Crippen MR) is 142 cm³/mol. The number of aliphatic hydroxyl groups is 5. The number of hydrogen-bond acceptors (Lipinski definition) is 16. The average molecular weight is 632 g/mol. The quantitative estimate of drug-likeness (QED) is 0.108. The third kappa shape index (κ3) is 7.46. The molecule has 4 fully saturated rings. The van der Waals surface area contributed by atoms with Crippen molar-refractivity contribution in [2.75, 3.05) is 13.2 Å². The lowest BCUT2D eigenvalue weighted by Gasteiger charge is -2.46. The molecule has 0 aromatic carbocycles. The van der Waals surface area contributed by atoms with Crippen LogP contribution in [0.1, 0.15) is 26.2 Å². The van der Waals surface area contributed by atoms with E-state index in [1.807, 2.05) is 0 Å². The average Bonchev–Trinajstić information content (AvgIpc) is 3.27. The Labute approximate surface area is 247 Å². The first-order valence-corrected chi connectivity index (χ1v) is 14.5. The van der Waals surface area contributed by atoms with Crippen molar-refractivity contribution in [3.8, 4) is 0 Å². The minimum Gasteiger partial charge on any atom is -0.394 e. The van der Waals surface area contributed by atoms with Crippen molar-refractivity contribution in [3.05, 3.63) is 0 Å². The molecule has 43 heavy (non-hydrogen) atoms. The lowest BCUT2D eigenvalue weighted by Crippen LogP contribution is -2.65. The second-order valence-electron chi connectivity index (χ2n) is 11.9. The molecule has 16 nitrogen and oxygen atoms in total. The number of ether oxygens (including phenoxy) is 6. The van der Waals surface area contributed by atoms with E-state index in [-0.39, 0.29) is 25.8 Å². The van der Waals surface area contributed by atoms with Gasteiger partial charge in [-0.3, -0.25) is 0 Å². The van der Waals surface area contributed by atoms with Crippen LogP contribution in [-0.2, 0) is 28.4 Å². The molecule has 4 rings (SSSR count). The molecule has 3 saturated heterocycles. The minimum atomic E-state index is -2.83. The van der Waals surface area contributed by atoms with Crippen LogP contribution >= 0.6 is 0 Å². The van der Waals surface area contributed by atoms with Gasteiger partial charge in [-0.05, 0) is 19.3 Å². The van der Waals surface area contributed by atoms with Crippen LogP contribution in [0.3, 0.4) is 0 Å². The van der Waals surface area contributed by atoms with Gasteiger partial charge in [0.1, 0.15) is 42.7 Å². The second-order valence-corrected chi connectivity index (χ2v) is 11.9. The van der Waals surface area contributed by atoms with E-state index < -0.39 is 123 Å². The van der Waals surface area contributed by atoms with Gasteiger partial charge in [0.2, 0.25) is 0 Å². The highest BCUT2D eigenvalue weighted by Crippen LogP contribution is 2.35. The van der Waals surface area contributed by atoms with E-state index >= 15 is 0 Å². The number of nitrogens with two attached hydrogens (primary N) is 5. The number of hydrogen-bond donors (Lipinski definition) is 10. The molecule has 0 aromatic heterocycles. The number of halogens is 2. The number of rotatable bonds is 10. The van der Waals surface area contributed by atoms with Crippen molar-refractivity contribution in [1.29, 1.82) is 0 Å². The highest BCUT2D eigenvalue weighted by molar-refractivity contribution is 5.01. The maximum Gasteiger partial charge on any atom is 0.256 e. The Balaban J connectivity index is 1.48. The van der Waals surface area contributed by atoms with Crippen molar-refractivity contribution in [2.24, 2.45) is 34.6 Å². The fourth-order valence-corrected chi connectivity index (χ4v) is 6.04. The van der Waals surface area contributed by atoms with Gasteiger partial charge < -0.3 is 82.6 Å². The fraction of sp³-hybridized carbons (Fsp3) is 1.00. The van der Waals surface area contributed by atoms with Crippen LogP contribution in [0.25, 0.3) is 0 Å². The summed E-state index contributed by atoms with van der Waals surface area (Å²) < 4.78 is 61.5. The molecule has 0 amide bonds. The van der Waals surface area contributed by atoms with Gasteiger partial charge in [0.15, 0.2) is 18.9 Å². The largest absolute Gasteiger partial charge is 0.394 e. The van der Waals surface area contributed by atoms with Crippen LogP contribution < -0.4 is 28.7 Å². The zero-order valence-corrected chi connectivity index (χ0v) is 23.8. The molecule has 3 heterocycles. The smallest absolute Gasteiger partial charge is 0.256 e. The predicted octanol–water partition coefficient (Wildman–Crippen LogP) is -4.89. The highest BCUT2D eigenvalue weighted by atomic mass is 19.3. The number of aliphatic hydroxyl groups excluding tert-OH is 5. The van der Waals surface area contributed by atoms with Crippen LogP contribution in [0.2, 0.25) is 0 Å². The van der Waals surface area contributed by atoms with Crippen LogP contribution in [0.5, 0.6) is 0 Å². The SMILES string of the molecule is CC1C(OC2C(CO)OC(OC3C(O)C(N)CC(N)C3OC3OC(C(N)C(F)F)CCC3N)C2O)OC(CN)C(O)C1O. The zero-order chi connectivity index (χ0) is 31.7. The Morgan fingerprint density at radius 1 is 0.744 bits per heavy atom. The molecule has 1 aliphatic carbocycles. The Kier molecular flexibility index (Phi) is 12.0. The van der Waals surface area contributed by atoms with E-state index in [1.165, 1.54) is 0 Å². The summed E-state index contributed by atoms with van der Waals surface area (Å²) in [5, 5.41) is 52.8. The van der Waals surface area contributed by atoms with Crippen LogP contribution in [0.4, 0.5) is 8.78 Å². The van der Waals surface area contributed by atoms with Gasteiger partial charge in [-0.25, -0.2) is 8.78 Å². The van der Waals surface area contributed by atoms with Gasteiger partial charge in [-0.2, -0.15) is 0 Å². The molecular weight excluding hydrogens is 584 g/mol. The molecule has 18 heteroatoms. The molecular formula is C25H47F2N5O11. The summed E-state index contributed by atoms with van der Waals surface area (Å²) in [6, 6.07) is -3.99. The maximum atomic E-state index is 13.2. The van der Waals surface area contributed by atoms with Gasteiger partial charge in [0.05, 0.1) is 37.0 Å². The Hall–Kier alpha value is -0.780. The highest BCUT2D eigenvalue weighted by Gasteiger charge is 2.53. The molecule has 18 unspecified atom stereocenters. The summed E-state index contributed by atoms with van der Waals surface area (Å²) in [5.74, 6) is -0.750. The van der Waals surface area contributed by atoms with Crippen LogP contribution in [0, 0.1) is 5.92 Å². The van der Waals surface area contributed by atoms with Gasteiger partial charge in [0, 0.05) is 24.5 Å². The van der Waals surface area contributed by atoms with Crippen molar-refractivity contribution >= 4 is 0 Å². The molecule has 18 atom stereocenters. The molecule has 0 aromatic rings. The first kappa shape index (κ1) is 35.1. The summed E-state index contributed by atoms with van der Waals surface area (Å²) in [6.45, 7) is 0.834. The van der Waals surface area contributed by atoms with Crippen LogP contribution in [-0.4, -0.2) is 149 Å². The summed E-state index contributed by atoms with van der Waals surface area (Å²) in [6.07, 6.45) is -18.4. The lowest BCUT2D eigenvalue weighted by molar-refractivity contribution is -0.297. The number of alkyl halides is 2. The maximum absolute atomic E-state index is 13.2. The normalized spacial score (nSPS) is 50.2. The lowest BCUT2D eigenvalue weighted by atomic mass is 9.84. The summed E-state index contributed by atoms with van der Waals surface area (Å²) in [5.41, 5.74) is 29.8. The summed E-state index contributed by atoms with van der Waals surface area (Å²) in [7, 11) is 0. The molecule has 0 spiro atoms. The topological polar surface area (TPSA) is 287 Å². The van der Waals surface area contributed by atoms with Crippen molar-refractivity contribution < 1.29 is 62.7 Å². The Bertz CT molecular complexity index is 889. The second kappa shape index (κ2) is 14.8. The van der Waals surface area contributed by atoms with Gasteiger partial charge in [-0.1, -0.05) is 6.92 Å². The van der Waals surface area contributed by atoms with Crippen molar-refractivity contribution in [2.45, 2.75) is 137 Å². The molecule has 0 radical (unpaired) electrons. The van der Waals surface area contributed by atoms with Crippen molar-refractivity contribution in [3.63, 3.8) is 0 Å². The van der Waals surface area contributed by atoms with E-state index in [4.69, 9.17) is 57.1 Å². The van der Waals surface area contributed by atoms with E-state index in [1.54, 1.807) is 6.92 Å². The van der Waals surface area contributed by atoms with Crippen LogP contribution in [0.15, 0.2) is 0 Å². The van der Waals surface area contributed by atoms with Gasteiger partial charge in [-0.15, -0.1) is 0 Å². The summed E-state index contributed by atoms with van der Waals surface area (Å²) in [4.78, 5) is 0. The molecule has 1 saturated carbocycles. The molecule has 252 valence electrons. The van der Waals surface area contributed by atoms with E-state index in [0.29, 0.717) is 0 Å². The van der Waals surface area contributed by atoms with E-state index in [0.717, 1.165) is 0 Å². The molecule has 3 aliphatic heterocycles.